The molecule has 8 nitrogen and oxygen atoms in total. The summed E-state index contributed by atoms with van der Waals surface area (Å²) in [5.41, 5.74) is 0. The highest BCUT2D eigenvalue weighted by atomic mass is 31.2. The maximum absolute atomic E-state index is 12.4. The normalized spacial score (nSPS) is 22.6. The maximum Gasteiger partial charge on any atom is 0.472 e. The summed E-state index contributed by atoms with van der Waals surface area (Å²) >= 11 is 0. The number of likely N-dealkylation sites (tertiary alicyclic amines) is 1. The molecule has 1 rings (SSSR count). The lowest BCUT2D eigenvalue weighted by Crippen LogP contribution is -2.46. The number of aliphatic hydroxyl groups excluding tert-OH is 1. The summed E-state index contributed by atoms with van der Waals surface area (Å²) in [7, 11) is -4.08. The smallest absolute Gasteiger partial charge is 0.396 e. The Morgan fingerprint density at radius 2 is 1.93 bits per heavy atom. The first kappa shape index (κ1) is 25.5. The summed E-state index contributed by atoms with van der Waals surface area (Å²) in [6, 6.07) is 0.485. The van der Waals surface area contributed by atoms with Crippen molar-refractivity contribution in [1.29, 1.82) is 0 Å². The molecule has 0 spiro atoms. The molecule has 3 atom stereocenters. The van der Waals surface area contributed by atoms with Crippen molar-refractivity contribution in [2.75, 3.05) is 32.8 Å². The van der Waals surface area contributed by atoms with Gasteiger partial charge in [-0.25, -0.2) is 4.57 Å². The fourth-order valence-electron chi connectivity index (χ4n) is 3.35. The summed E-state index contributed by atoms with van der Waals surface area (Å²) in [6.07, 6.45) is 3.69. The molecule has 0 aromatic carbocycles. The Morgan fingerprint density at radius 1 is 1.21 bits per heavy atom. The number of nitrogens with one attached hydrogen (secondary N) is 1. The molecule has 3 unspecified atom stereocenters. The van der Waals surface area contributed by atoms with Gasteiger partial charge >= 0.3 is 7.82 Å². The largest absolute Gasteiger partial charge is 0.472 e. The minimum Gasteiger partial charge on any atom is -0.396 e. The van der Waals surface area contributed by atoms with Crippen molar-refractivity contribution in [3.8, 4) is 0 Å². The first-order valence-corrected chi connectivity index (χ1v) is 11.9. The van der Waals surface area contributed by atoms with E-state index in [9.17, 15) is 19.4 Å². The third-order valence-electron chi connectivity index (χ3n) is 4.89. The Morgan fingerprint density at radius 3 is 2.54 bits per heavy atom. The van der Waals surface area contributed by atoms with Gasteiger partial charge < -0.3 is 20.2 Å². The van der Waals surface area contributed by atoms with Gasteiger partial charge in [0.25, 0.3) is 0 Å². The van der Waals surface area contributed by atoms with Gasteiger partial charge in [0, 0.05) is 38.1 Å². The highest BCUT2D eigenvalue weighted by Crippen LogP contribution is 2.45. The van der Waals surface area contributed by atoms with E-state index < -0.39 is 13.9 Å². The Labute approximate surface area is 169 Å². The second-order valence-electron chi connectivity index (χ2n) is 8.17. The van der Waals surface area contributed by atoms with Gasteiger partial charge in [0.15, 0.2) is 0 Å². The van der Waals surface area contributed by atoms with Crippen LogP contribution in [0.1, 0.15) is 59.8 Å². The SMILES string of the molecule is CC(C)NCCCCCC(=O)N1CCC(COP(=O)(O)OC(C)C)C(CO)C1. The lowest BCUT2D eigenvalue weighted by Gasteiger charge is -2.38. The van der Waals surface area contributed by atoms with Crippen LogP contribution in [0.4, 0.5) is 0 Å². The molecule has 1 aliphatic heterocycles. The number of piperidine rings is 1. The molecule has 9 heteroatoms. The Bertz CT molecular complexity index is 503. The lowest BCUT2D eigenvalue weighted by molar-refractivity contribution is -0.134. The van der Waals surface area contributed by atoms with E-state index in [1.807, 2.05) is 0 Å². The molecule has 0 aliphatic carbocycles. The van der Waals surface area contributed by atoms with E-state index in [0.29, 0.717) is 32.0 Å². The molecule has 28 heavy (non-hydrogen) atoms. The number of unbranched alkanes of at least 4 members (excludes halogenated alkanes) is 2. The van der Waals surface area contributed by atoms with Crippen LogP contribution in [0.15, 0.2) is 0 Å². The summed E-state index contributed by atoms with van der Waals surface area (Å²) in [4.78, 5) is 23.9. The average Bonchev–Trinajstić information content (AvgIpc) is 2.61. The Balaban J connectivity index is 2.34. The van der Waals surface area contributed by atoms with Gasteiger partial charge in [-0.05, 0) is 45.6 Å². The molecule has 1 fully saturated rings. The third-order valence-corrected chi connectivity index (χ3v) is 6.06. The molecule has 1 heterocycles. The van der Waals surface area contributed by atoms with Crippen LogP contribution in [0.25, 0.3) is 0 Å². The van der Waals surface area contributed by atoms with Gasteiger partial charge in [0.05, 0.1) is 12.7 Å². The monoisotopic (exact) mass is 422 g/mol. The fourth-order valence-corrected chi connectivity index (χ4v) is 4.32. The molecule has 0 aromatic rings. The lowest BCUT2D eigenvalue weighted by atomic mass is 9.86. The van der Waals surface area contributed by atoms with Crippen molar-refractivity contribution in [3.05, 3.63) is 0 Å². The van der Waals surface area contributed by atoms with Gasteiger partial charge in [-0.2, -0.15) is 0 Å². The predicted molar refractivity (Wildman–Crippen MR) is 109 cm³/mol. The highest BCUT2D eigenvalue weighted by molar-refractivity contribution is 7.47. The topological polar surface area (TPSA) is 108 Å². The minimum absolute atomic E-state index is 0.0383. The van der Waals surface area contributed by atoms with Crippen LogP contribution in [-0.4, -0.2) is 65.8 Å². The van der Waals surface area contributed by atoms with Gasteiger partial charge in [0.1, 0.15) is 0 Å². The molecule has 3 N–H and O–H groups in total. The van der Waals surface area contributed by atoms with Crippen LogP contribution in [-0.2, 0) is 18.4 Å². The van der Waals surface area contributed by atoms with Crippen LogP contribution in [0.3, 0.4) is 0 Å². The van der Waals surface area contributed by atoms with E-state index in [1.54, 1.807) is 18.7 Å². The van der Waals surface area contributed by atoms with E-state index in [-0.39, 0.29) is 31.0 Å². The Kier molecular flexibility index (Phi) is 11.8. The van der Waals surface area contributed by atoms with Crippen molar-refractivity contribution in [2.24, 2.45) is 11.8 Å². The van der Waals surface area contributed by atoms with E-state index in [1.165, 1.54) is 0 Å². The van der Waals surface area contributed by atoms with Crippen LogP contribution < -0.4 is 5.32 Å². The number of hydrogen-bond donors (Lipinski definition) is 3. The van der Waals surface area contributed by atoms with Crippen molar-refractivity contribution in [3.63, 3.8) is 0 Å². The van der Waals surface area contributed by atoms with Crippen molar-refractivity contribution in [1.82, 2.24) is 10.2 Å². The van der Waals surface area contributed by atoms with Crippen LogP contribution >= 0.6 is 7.82 Å². The molecular formula is C19H39N2O6P. The number of hydrogen-bond acceptors (Lipinski definition) is 6. The van der Waals surface area contributed by atoms with Crippen LogP contribution in [0.5, 0.6) is 0 Å². The quantitative estimate of drug-likeness (QED) is 0.309. The number of rotatable bonds is 13. The van der Waals surface area contributed by atoms with E-state index in [2.05, 4.69) is 19.2 Å². The van der Waals surface area contributed by atoms with E-state index in [4.69, 9.17) is 9.05 Å². The second-order valence-corrected chi connectivity index (χ2v) is 9.58. The average molecular weight is 423 g/mol. The van der Waals surface area contributed by atoms with E-state index >= 15 is 0 Å². The number of amides is 1. The molecule has 1 saturated heterocycles. The fraction of sp³-hybridized carbons (Fsp3) is 0.947. The molecule has 166 valence electrons. The molecular weight excluding hydrogens is 383 g/mol. The second kappa shape index (κ2) is 12.9. The molecule has 0 aromatic heterocycles. The zero-order chi connectivity index (χ0) is 21.2. The van der Waals surface area contributed by atoms with Gasteiger partial charge in [-0.3, -0.25) is 13.8 Å². The van der Waals surface area contributed by atoms with Gasteiger partial charge in [0.2, 0.25) is 5.91 Å². The van der Waals surface area contributed by atoms with Crippen molar-refractivity contribution < 1.29 is 28.4 Å². The zero-order valence-electron chi connectivity index (χ0n) is 17.8. The summed E-state index contributed by atoms with van der Waals surface area (Å²) < 4.78 is 21.8. The zero-order valence-corrected chi connectivity index (χ0v) is 18.7. The Hall–Kier alpha value is -0.500. The number of carbonyl (C=O) groups excluding carboxylic acids is 1. The molecule has 1 aliphatic rings. The first-order chi connectivity index (χ1) is 13.1. The number of phosphoric ester groups is 1. The third kappa shape index (κ3) is 10.3. The van der Waals surface area contributed by atoms with Gasteiger partial charge in [-0.15, -0.1) is 0 Å². The number of phosphoric acid groups is 1. The molecule has 1 amide bonds. The van der Waals surface area contributed by atoms with Crippen LogP contribution in [0.2, 0.25) is 0 Å². The summed E-state index contributed by atoms with van der Waals surface area (Å²) in [5, 5.41) is 13.1. The summed E-state index contributed by atoms with van der Waals surface area (Å²) in [5.74, 6) is -0.120. The maximum atomic E-state index is 12.4. The van der Waals surface area contributed by atoms with Crippen molar-refractivity contribution >= 4 is 13.7 Å². The van der Waals surface area contributed by atoms with Crippen molar-refractivity contribution in [2.45, 2.75) is 71.9 Å². The van der Waals surface area contributed by atoms with Gasteiger partial charge in [-0.1, -0.05) is 20.3 Å². The number of nitrogens with zero attached hydrogens (tertiary/aromatic N) is 1. The van der Waals surface area contributed by atoms with Crippen LogP contribution in [0, 0.1) is 11.8 Å². The minimum atomic E-state index is -4.08. The summed E-state index contributed by atoms with van der Waals surface area (Å²) in [6.45, 7) is 9.52. The highest BCUT2D eigenvalue weighted by Gasteiger charge is 2.33. The molecule has 0 radical (unpaired) electrons. The molecule has 0 saturated carbocycles. The predicted octanol–water partition coefficient (Wildman–Crippen LogP) is 2.54. The van der Waals surface area contributed by atoms with E-state index in [0.717, 1.165) is 25.8 Å². The standard InChI is InChI=1S/C19H39N2O6P/c1-15(2)20-10-7-5-6-8-19(23)21-11-9-17(18(12-21)13-22)14-26-28(24,25)27-16(3)4/h15-18,20,22H,5-14H2,1-4H3,(H,24,25). The first-order valence-electron chi connectivity index (χ1n) is 10.4. The number of aliphatic hydroxyl groups is 1. The number of carbonyl (C=O) groups is 1. The molecule has 0 bridgehead atoms.